The summed E-state index contributed by atoms with van der Waals surface area (Å²) in [6.45, 7) is 1.83. The number of benzene rings is 1. The molecule has 0 radical (unpaired) electrons. The monoisotopic (exact) mass is 277 g/mol. The number of carbonyl (C=O) groups is 1. The fourth-order valence-corrected chi connectivity index (χ4v) is 1.56. The molecule has 0 aromatic heterocycles. The van der Waals surface area contributed by atoms with Crippen LogP contribution in [-0.2, 0) is 10.2 Å². The van der Waals surface area contributed by atoms with Crippen molar-refractivity contribution in [3.05, 3.63) is 29.8 Å². The van der Waals surface area contributed by atoms with Gasteiger partial charge in [-0.05, 0) is 31.5 Å². The summed E-state index contributed by atoms with van der Waals surface area (Å²) in [7, 11) is 0. The first-order valence-electron chi connectivity index (χ1n) is 5.27. The largest absolute Gasteiger partial charge is 0.405 e. The molecule has 0 unspecified atom stereocenters. The Labute approximate surface area is 109 Å². The van der Waals surface area contributed by atoms with Gasteiger partial charge in [0.1, 0.15) is 6.54 Å². The zero-order chi connectivity index (χ0) is 14.0. The van der Waals surface area contributed by atoms with Crippen molar-refractivity contribution in [2.75, 3.05) is 6.54 Å². The summed E-state index contributed by atoms with van der Waals surface area (Å²) in [5.41, 5.74) is -0.382. The Morgan fingerprint density at radius 3 is 2.17 bits per heavy atom. The maximum Gasteiger partial charge on any atom is 0.405 e. The van der Waals surface area contributed by atoms with Crippen LogP contribution >= 0.6 is 12.6 Å². The predicted molar refractivity (Wildman–Crippen MR) is 65.8 cm³/mol. The molecule has 1 aromatic rings. The smallest absolute Gasteiger partial charge is 0.346 e. The highest BCUT2D eigenvalue weighted by Crippen LogP contribution is 2.25. The van der Waals surface area contributed by atoms with Crippen molar-refractivity contribution in [1.29, 1.82) is 0 Å². The lowest BCUT2D eigenvalue weighted by atomic mass is 9.84. The number of hydrogen-bond donors (Lipinski definition) is 2. The molecule has 0 saturated carbocycles. The van der Waals surface area contributed by atoms with Crippen LogP contribution in [0.3, 0.4) is 0 Å². The van der Waals surface area contributed by atoms with Crippen molar-refractivity contribution in [2.24, 2.45) is 0 Å². The second-order valence-electron chi connectivity index (χ2n) is 4.47. The van der Waals surface area contributed by atoms with Crippen molar-refractivity contribution < 1.29 is 18.0 Å². The maximum absolute atomic E-state index is 12.0. The molecular formula is C12H14F3NOS. The molecule has 0 saturated heterocycles. The Kier molecular flexibility index (Phi) is 4.32. The molecule has 0 heterocycles. The highest BCUT2D eigenvalue weighted by atomic mass is 32.1. The molecule has 0 atom stereocenters. The number of thiol groups is 1. The van der Waals surface area contributed by atoms with Gasteiger partial charge in [0.2, 0.25) is 5.91 Å². The van der Waals surface area contributed by atoms with Crippen molar-refractivity contribution >= 4 is 18.5 Å². The minimum absolute atomic E-state index is 0.639. The summed E-state index contributed by atoms with van der Waals surface area (Å²) in [6, 6.07) is 6.74. The average Bonchev–Trinajstić information content (AvgIpc) is 2.25. The lowest BCUT2D eigenvalue weighted by Gasteiger charge is -2.24. The number of amides is 1. The lowest BCUT2D eigenvalue weighted by Crippen LogP contribution is -2.43. The summed E-state index contributed by atoms with van der Waals surface area (Å²) in [6.07, 6.45) is -4.40. The molecule has 1 aromatic carbocycles. The first-order valence-corrected chi connectivity index (χ1v) is 5.72. The molecule has 0 fully saturated rings. The van der Waals surface area contributed by atoms with Crippen LogP contribution in [-0.4, -0.2) is 18.6 Å². The van der Waals surface area contributed by atoms with E-state index in [1.165, 1.54) is 0 Å². The molecule has 1 rings (SSSR count). The summed E-state index contributed by atoms with van der Waals surface area (Å²) in [4.78, 5) is 12.5. The van der Waals surface area contributed by atoms with Gasteiger partial charge < -0.3 is 5.32 Å². The number of alkyl halides is 3. The van der Waals surface area contributed by atoms with Crippen LogP contribution in [0, 0.1) is 0 Å². The zero-order valence-corrected chi connectivity index (χ0v) is 10.9. The standard InChI is InChI=1S/C12H14F3NOS/c1-11(2,8-3-5-9(18)6-4-8)10(17)16-7-12(13,14)15/h3-6,18H,7H2,1-2H3,(H,16,17). The van der Waals surface area contributed by atoms with Gasteiger partial charge in [0.15, 0.2) is 0 Å². The Morgan fingerprint density at radius 2 is 1.72 bits per heavy atom. The van der Waals surface area contributed by atoms with Gasteiger partial charge in [-0.15, -0.1) is 12.6 Å². The van der Waals surface area contributed by atoms with Crippen LogP contribution in [0.4, 0.5) is 13.2 Å². The van der Waals surface area contributed by atoms with Crippen LogP contribution < -0.4 is 5.32 Å². The van der Waals surface area contributed by atoms with Crippen LogP contribution in [0.25, 0.3) is 0 Å². The summed E-state index contributed by atoms with van der Waals surface area (Å²) in [5.74, 6) is -0.660. The number of nitrogens with one attached hydrogen (secondary N) is 1. The Balaban J connectivity index is 2.79. The van der Waals surface area contributed by atoms with Gasteiger partial charge in [-0.3, -0.25) is 4.79 Å². The number of rotatable bonds is 3. The quantitative estimate of drug-likeness (QED) is 0.817. The zero-order valence-electron chi connectivity index (χ0n) is 10.0. The second-order valence-corrected chi connectivity index (χ2v) is 4.99. The first-order chi connectivity index (χ1) is 8.13. The van der Waals surface area contributed by atoms with E-state index < -0.39 is 24.0 Å². The first kappa shape index (κ1) is 14.9. The van der Waals surface area contributed by atoms with E-state index in [0.717, 1.165) is 4.90 Å². The van der Waals surface area contributed by atoms with E-state index in [-0.39, 0.29) is 0 Å². The Morgan fingerprint density at radius 1 is 1.22 bits per heavy atom. The average molecular weight is 277 g/mol. The molecule has 1 N–H and O–H groups in total. The SMILES string of the molecule is CC(C)(C(=O)NCC(F)(F)F)c1ccc(S)cc1. The molecule has 0 spiro atoms. The van der Waals surface area contributed by atoms with Gasteiger partial charge in [-0.25, -0.2) is 0 Å². The molecule has 18 heavy (non-hydrogen) atoms. The molecule has 0 bridgehead atoms. The van der Waals surface area contributed by atoms with E-state index in [1.807, 2.05) is 5.32 Å². The van der Waals surface area contributed by atoms with Crippen molar-refractivity contribution in [1.82, 2.24) is 5.32 Å². The van der Waals surface area contributed by atoms with Gasteiger partial charge >= 0.3 is 6.18 Å². The predicted octanol–water partition coefficient (Wildman–Crippen LogP) is 2.93. The highest BCUT2D eigenvalue weighted by molar-refractivity contribution is 7.80. The van der Waals surface area contributed by atoms with E-state index in [1.54, 1.807) is 38.1 Å². The van der Waals surface area contributed by atoms with E-state index in [9.17, 15) is 18.0 Å². The van der Waals surface area contributed by atoms with Gasteiger partial charge in [0.25, 0.3) is 0 Å². The molecule has 0 aliphatic carbocycles. The summed E-state index contributed by atoms with van der Waals surface area (Å²) in [5, 5.41) is 1.89. The molecule has 100 valence electrons. The molecule has 2 nitrogen and oxygen atoms in total. The third kappa shape index (κ3) is 3.94. The number of carbonyl (C=O) groups excluding carboxylic acids is 1. The van der Waals surface area contributed by atoms with Gasteiger partial charge in [0, 0.05) is 4.90 Å². The van der Waals surface area contributed by atoms with E-state index >= 15 is 0 Å². The minimum atomic E-state index is -4.40. The second kappa shape index (κ2) is 5.22. The maximum atomic E-state index is 12.0. The van der Waals surface area contributed by atoms with Crippen molar-refractivity contribution in [3.63, 3.8) is 0 Å². The number of halogens is 3. The third-order valence-electron chi connectivity index (χ3n) is 2.61. The topological polar surface area (TPSA) is 29.1 Å². The molecule has 0 aliphatic heterocycles. The minimum Gasteiger partial charge on any atom is -0.346 e. The van der Waals surface area contributed by atoms with Crippen LogP contribution in [0.1, 0.15) is 19.4 Å². The van der Waals surface area contributed by atoms with Crippen molar-refractivity contribution in [3.8, 4) is 0 Å². The highest BCUT2D eigenvalue weighted by Gasteiger charge is 2.34. The summed E-state index contributed by atoms with van der Waals surface area (Å²) < 4.78 is 36.1. The Hall–Kier alpha value is -1.17. The van der Waals surface area contributed by atoms with Crippen LogP contribution in [0.15, 0.2) is 29.2 Å². The van der Waals surface area contributed by atoms with E-state index in [0.29, 0.717) is 5.56 Å². The van der Waals surface area contributed by atoms with E-state index in [4.69, 9.17) is 0 Å². The molecular weight excluding hydrogens is 263 g/mol. The van der Waals surface area contributed by atoms with Gasteiger partial charge in [-0.1, -0.05) is 12.1 Å². The normalized spacial score (nSPS) is 12.3. The van der Waals surface area contributed by atoms with Crippen LogP contribution in [0.2, 0.25) is 0 Å². The molecule has 1 amide bonds. The third-order valence-corrected chi connectivity index (χ3v) is 2.90. The fourth-order valence-electron chi connectivity index (χ4n) is 1.41. The molecule has 6 heteroatoms. The van der Waals surface area contributed by atoms with Gasteiger partial charge in [0.05, 0.1) is 5.41 Å². The number of hydrogen-bond acceptors (Lipinski definition) is 2. The fraction of sp³-hybridized carbons (Fsp3) is 0.417. The van der Waals surface area contributed by atoms with Gasteiger partial charge in [-0.2, -0.15) is 13.2 Å². The van der Waals surface area contributed by atoms with Crippen molar-refractivity contribution in [2.45, 2.75) is 30.3 Å². The Bertz CT molecular complexity index is 426. The molecule has 0 aliphatic rings. The summed E-state index contributed by atoms with van der Waals surface area (Å²) >= 11 is 4.11. The van der Waals surface area contributed by atoms with Crippen LogP contribution in [0.5, 0.6) is 0 Å². The lowest BCUT2D eigenvalue weighted by molar-refractivity contribution is -0.141. The van der Waals surface area contributed by atoms with E-state index in [2.05, 4.69) is 12.6 Å².